The molecule has 4 nitrogen and oxygen atoms in total. The molecular formula is C4H10N4. The molecule has 1 aliphatic rings. The van der Waals surface area contributed by atoms with Crippen LogP contribution in [0.25, 0.3) is 0 Å². The van der Waals surface area contributed by atoms with Gasteiger partial charge in [-0.15, -0.1) is 0 Å². The van der Waals surface area contributed by atoms with Gasteiger partial charge in [-0.05, 0) is 7.05 Å². The summed E-state index contributed by atoms with van der Waals surface area (Å²) in [6.07, 6.45) is 0. The molecule has 0 aromatic carbocycles. The molecule has 1 rings (SSSR count). The molecule has 1 heterocycles. The van der Waals surface area contributed by atoms with Crippen molar-refractivity contribution in [3.8, 4) is 0 Å². The van der Waals surface area contributed by atoms with E-state index in [4.69, 9.17) is 5.73 Å². The van der Waals surface area contributed by atoms with Gasteiger partial charge in [-0.2, -0.15) is 0 Å². The van der Waals surface area contributed by atoms with Crippen LogP contribution in [0, 0.1) is 0 Å². The van der Waals surface area contributed by atoms with Crippen molar-refractivity contribution in [3.05, 3.63) is 0 Å². The third-order valence-electron chi connectivity index (χ3n) is 1.01. The van der Waals surface area contributed by atoms with E-state index in [1.165, 1.54) is 0 Å². The van der Waals surface area contributed by atoms with E-state index in [9.17, 15) is 0 Å². The van der Waals surface area contributed by atoms with Crippen molar-refractivity contribution < 1.29 is 0 Å². The van der Waals surface area contributed by atoms with Crippen molar-refractivity contribution >= 4 is 5.96 Å². The first-order chi connectivity index (χ1) is 3.79. The molecule has 0 saturated heterocycles. The lowest BCUT2D eigenvalue weighted by atomic mass is 10.7. The fraction of sp³-hybridized carbons (Fsp3) is 0.750. The molecule has 0 aromatic rings. The van der Waals surface area contributed by atoms with Gasteiger partial charge in [0.25, 0.3) is 0 Å². The molecule has 0 bridgehead atoms. The van der Waals surface area contributed by atoms with Crippen molar-refractivity contribution in [2.75, 3.05) is 20.4 Å². The lowest BCUT2D eigenvalue weighted by molar-refractivity contribution is 0.323. The van der Waals surface area contributed by atoms with Crippen molar-refractivity contribution in [1.82, 2.24) is 10.2 Å². The molecule has 0 spiro atoms. The number of hydrogen-bond acceptors (Lipinski definition) is 4. The fourth-order valence-electron chi connectivity index (χ4n) is 0.519. The summed E-state index contributed by atoms with van der Waals surface area (Å²) in [5.74, 6) is 0.545. The van der Waals surface area contributed by atoms with E-state index in [0.29, 0.717) is 12.6 Å². The van der Waals surface area contributed by atoms with Crippen LogP contribution in [-0.4, -0.2) is 31.2 Å². The Morgan fingerprint density at radius 3 is 3.00 bits per heavy atom. The van der Waals surface area contributed by atoms with E-state index in [1.54, 1.807) is 0 Å². The normalized spacial score (nSPS) is 21.9. The Morgan fingerprint density at radius 2 is 2.62 bits per heavy atom. The first-order valence-electron chi connectivity index (χ1n) is 2.51. The van der Waals surface area contributed by atoms with Gasteiger partial charge in [0.05, 0.1) is 13.3 Å². The SMILES string of the molecule is CN1CN=C(N)NC1. The van der Waals surface area contributed by atoms with Gasteiger partial charge in [0, 0.05) is 0 Å². The van der Waals surface area contributed by atoms with E-state index in [2.05, 4.69) is 10.3 Å². The highest BCUT2D eigenvalue weighted by Gasteiger charge is 2.01. The van der Waals surface area contributed by atoms with E-state index in [0.717, 1.165) is 6.67 Å². The second-order valence-electron chi connectivity index (χ2n) is 1.88. The topological polar surface area (TPSA) is 53.6 Å². The van der Waals surface area contributed by atoms with Crippen molar-refractivity contribution in [1.29, 1.82) is 0 Å². The molecule has 0 radical (unpaired) electrons. The van der Waals surface area contributed by atoms with E-state index < -0.39 is 0 Å². The summed E-state index contributed by atoms with van der Waals surface area (Å²) in [5.41, 5.74) is 5.31. The molecule has 46 valence electrons. The highest BCUT2D eigenvalue weighted by molar-refractivity contribution is 5.78. The van der Waals surface area contributed by atoms with Crippen LogP contribution in [0.4, 0.5) is 0 Å². The van der Waals surface area contributed by atoms with Crippen LogP contribution in [0.5, 0.6) is 0 Å². The van der Waals surface area contributed by atoms with Crippen molar-refractivity contribution in [3.63, 3.8) is 0 Å². The molecule has 0 aliphatic carbocycles. The van der Waals surface area contributed by atoms with Gasteiger partial charge in [0.15, 0.2) is 5.96 Å². The Morgan fingerprint density at radius 1 is 1.88 bits per heavy atom. The average molecular weight is 114 g/mol. The number of guanidine groups is 1. The van der Waals surface area contributed by atoms with Gasteiger partial charge in [-0.25, -0.2) is 4.99 Å². The minimum Gasteiger partial charge on any atom is -0.370 e. The van der Waals surface area contributed by atoms with Gasteiger partial charge in [-0.1, -0.05) is 0 Å². The highest BCUT2D eigenvalue weighted by Crippen LogP contribution is 1.84. The Balaban J connectivity index is 2.42. The molecule has 4 heteroatoms. The lowest BCUT2D eigenvalue weighted by Gasteiger charge is -2.20. The zero-order valence-corrected chi connectivity index (χ0v) is 4.89. The maximum absolute atomic E-state index is 5.31. The fourth-order valence-corrected chi connectivity index (χ4v) is 0.519. The Labute approximate surface area is 48.4 Å². The number of nitrogens with zero attached hydrogens (tertiary/aromatic N) is 2. The Hall–Kier alpha value is -0.770. The van der Waals surface area contributed by atoms with E-state index in [-0.39, 0.29) is 0 Å². The maximum Gasteiger partial charge on any atom is 0.190 e. The summed E-state index contributed by atoms with van der Waals surface area (Å²) >= 11 is 0. The largest absolute Gasteiger partial charge is 0.370 e. The van der Waals surface area contributed by atoms with Crippen LogP contribution in [0.3, 0.4) is 0 Å². The van der Waals surface area contributed by atoms with Crippen LogP contribution in [-0.2, 0) is 0 Å². The number of hydrogen-bond donors (Lipinski definition) is 2. The Bertz CT molecular complexity index is 109. The molecular weight excluding hydrogens is 104 g/mol. The molecule has 0 aromatic heterocycles. The molecule has 0 atom stereocenters. The molecule has 0 amide bonds. The van der Waals surface area contributed by atoms with Gasteiger partial charge in [0.1, 0.15) is 0 Å². The van der Waals surface area contributed by atoms with Gasteiger partial charge in [-0.3, -0.25) is 4.90 Å². The minimum absolute atomic E-state index is 0.545. The smallest absolute Gasteiger partial charge is 0.190 e. The molecule has 3 N–H and O–H groups in total. The summed E-state index contributed by atoms with van der Waals surface area (Å²) in [4.78, 5) is 5.94. The van der Waals surface area contributed by atoms with Gasteiger partial charge in [0.2, 0.25) is 0 Å². The number of aliphatic imine (C=N–C) groups is 1. The predicted octanol–water partition coefficient (Wildman–Crippen LogP) is -1.25. The third-order valence-corrected chi connectivity index (χ3v) is 1.01. The second kappa shape index (κ2) is 2.00. The van der Waals surface area contributed by atoms with Crippen LogP contribution in [0.15, 0.2) is 4.99 Å². The zero-order valence-electron chi connectivity index (χ0n) is 4.89. The Kier molecular flexibility index (Phi) is 1.34. The monoisotopic (exact) mass is 114 g/mol. The summed E-state index contributed by atoms with van der Waals surface area (Å²) in [6.45, 7) is 1.51. The second-order valence-corrected chi connectivity index (χ2v) is 1.88. The number of nitrogens with one attached hydrogen (secondary N) is 1. The van der Waals surface area contributed by atoms with E-state index in [1.807, 2.05) is 11.9 Å². The summed E-state index contributed by atoms with van der Waals surface area (Å²) in [6, 6.07) is 0. The summed E-state index contributed by atoms with van der Waals surface area (Å²) in [5, 5.41) is 2.89. The quantitative estimate of drug-likeness (QED) is 0.414. The molecule has 1 aliphatic heterocycles. The molecule has 8 heavy (non-hydrogen) atoms. The molecule has 0 saturated carbocycles. The predicted molar refractivity (Wildman–Crippen MR) is 32.3 cm³/mol. The maximum atomic E-state index is 5.31. The van der Waals surface area contributed by atoms with Crippen LogP contribution >= 0.6 is 0 Å². The van der Waals surface area contributed by atoms with Gasteiger partial charge >= 0.3 is 0 Å². The van der Waals surface area contributed by atoms with Crippen LogP contribution in [0.2, 0.25) is 0 Å². The summed E-state index contributed by atoms with van der Waals surface area (Å²) in [7, 11) is 1.98. The average Bonchev–Trinajstić information content (AvgIpc) is 1.77. The number of rotatable bonds is 0. The van der Waals surface area contributed by atoms with E-state index >= 15 is 0 Å². The van der Waals surface area contributed by atoms with Crippen LogP contribution < -0.4 is 11.1 Å². The minimum atomic E-state index is 0.545. The molecule has 0 unspecified atom stereocenters. The van der Waals surface area contributed by atoms with Gasteiger partial charge < -0.3 is 11.1 Å². The highest BCUT2D eigenvalue weighted by atomic mass is 15.3. The first-order valence-corrected chi connectivity index (χ1v) is 2.51. The van der Waals surface area contributed by atoms with Crippen molar-refractivity contribution in [2.24, 2.45) is 10.7 Å². The summed E-state index contributed by atoms with van der Waals surface area (Å²) < 4.78 is 0. The van der Waals surface area contributed by atoms with Crippen LogP contribution in [0.1, 0.15) is 0 Å². The number of nitrogens with two attached hydrogens (primary N) is 1. The molecule has 0 fully saturated rings. The standard InChI is InChI=1S/C4H10N4/c1-8-2-6-4(5)7-3-8/h2-3H2,1H3,(H3,5,6,7). The first kappa shape index (κ1) is 5.37. The zero-order chi connectivity index (χ0) is 5.98. The third kappa shape index (κ3) is 1.10. The van der Waals surface area contributed by atoms with Crippen molar-refractivity contribution in [2.45, 2.75) is 0 Å². The lowest BCUT2D eigenvalue weighted by Crippen LogP contribution is -2.44.